The maximum atomic E-state index is 6.01. The van der Waals surface area contributed by atoms with E-state index >= 15 is 0 Å². The Kier molecular flexibility index (Phi) is 4.96. The molecule has 1 atom stereocenters. The number of aromatic nitrogens is 2. The number of nitrogens with zero attached hydrogens (tertiary/aromatic N) is 2. The van der Waals surface area contributed by atoms with Gasteiger partial charge in [0.25, 0.3) is 0 Å². The Labute approximate surface area is 124 Å². The van der Waals surface area contributed by atoms with Crippen molar-refractivity contribution < 1.29 is 4.74 Å². The Morgan fingerprint density at radius 3 is 2.16 bits per heavy atom. The summed E-state index contributed by atoms with van der Waals surface area (Å²) in [5.41, 5.74) is 6.32. The number of hydrogen-bond donors (Lipinski definition) is 1. The van der Waals surface area contributed by atoms with Crippen LogP contribution in [0.2, 0.25) is 0 Å². The predicted molar refractivity (Wildman–Crippen MR) is 82.1 cm³/mol. The lowest BCUT2D eigenvalue weighted by Gasteiger charge is -2.29. The molecule has 1 aromatic rings. The summed E-state index contributed by atoms with van der Waals surface area (Å²) in [6.45, 7) is 13.0. The van der Waals surface area contributed by atoms with Crippen molar-refractivity contribution >= 4 is 21.7 Å². The average molecular weight is 330 g/mol. The van der Waals surface area contributed by atoms with E-state index < -0.39 is 5.60 Å². The van der Waals surface area contributed by atoms with E-state index in [9.17, 15) is 0 Å². The van der Waals surface area contributed by atoms with Crippen LogP contribution in [0.25, 0.3) is 0 Å². The molecule has 0 aromatic carbocycles. The van der Waals surface area contributed by atoms with Crippen molar-refractivity contribution in [1.82, 2.24) is 9.97 Å². The van der Waals surface area contributed by atoms with E-state index in [1.54, 1.807) is 0 Å². The van der Waals surface area contributed by atoms with Crippen molar-refractivity contribution in [1.29, 1.82) is 0 Å². The van der Waals surface area contributed by atoms with Gasteiger partial charge in [-0.05, 0) is 36.2 Å². The first-order chi connectivity index (χ1) is 8.65. The topological polar surface area (TPSA) is 61.0 Å². The lowest BCUT2D eigenvalue weighted by atomic mass is 9.91. The van der Waals surface area contributed by atoms with Crippen LogP contribution in [0.3, 0.4) is 0 Å². The molecule has 19 heavy (non-hydrogen) atoms. The Morgan fingerprint density at radius 1 is 1.16 bits per heavy atom. The fraction of sp³-hybridized carbons (Fsp3) is 0.714. The molecule has 0 saturated carbocycles. The number of nitrogen functional groups attached to an aromatic ring is 1. The van der Waals surface area contributed by atoms with Crippen LogP contribution in [0.1, 0.15) is 59.5 Å². The fourth-order valence-corrected chi connectivity index (χ4v) is 2.61. The monoisotopic (exact) mass is 329 g/mol. The molecule has 0 spiro atoms. The van der Waals surface area contributed by atoms with E-state index in [2.05, 4.69) is 48.6 Å². The van der Waals surface area contributed by atoms with Gasteiger partial charge in [0, 0.05) is 12.0 Å². The summed E-state index contributed by atoms with van der Waals surface area (Å²) >= 11 is 3.49. The number of halogens is 1. The van der Waals surface area contributed by atoms with Gasteiger partial charge in [0.2, 0.25) is 0 Å². The summed E-state index contributed by atoms with van der Waals surface area (Å²) in [5.74, 6) is 1.12. The van der Waals surface area contributed by atoms with E-state index in [1.165, 1.54) is 0 Å². The van der Waals surface area contributed by atoms with Gasteiger partial charge >= 0.3 is 0 Å². The lowest BCUT2D eigenvalue weighted by molar-refractivity contribution is -0.0392. The summed E-state index contributed by atoms with van der Waals surface area (Å²) in [4.78, 5) is 9.11. The molecular weight excluding hydrogens is 306 g/mol. The van der Waals surface area contributed by atoms with Crippen LogP contribution in [0.5, 0.6) is 0 Å². The Hall–Kier alpha value is -0.680. The van der Waals surface area contributed by atoms with Gasteiger partial charge in [-0.15, -0.1) is 0 Å². The third kappa shape index (κ3) is 3.45. The van der Waals surface area contributed by atoms with E-state index in [0.717, 1.165) is 16.6 Å². The smallest absolute Gasteiger partial charge is 0.162 e. The highest BCUT2D eigenvalue weighted by Crippen LogP contribution is 2.34. The minimum absolute atomic E-state index is 0.106. The minimum atomic E-state index is -0.496. The third-order valence-corrected chi connectivity index (χ3v) is 3.98. The predicted octanol–water partition coefficient (Wildman–Crippen LogP) is 3.78. The van der Waals surface area contributed by atoms with Crippen LogP contribution in [0.15, 0.2) is 4.47 Å². The minimum Gasteiger partial charge on any atom is -0.383 e. The summed E-state index contributed by atoms with van der Waals surface area (Å²) < 4.78 is 6.61. The van der Waals surface area contributed by atoms with Crippen LogP contribution in [0, 0.1) is 0 Å². The van der Waals surface area contributed by atoms with E-state index in [1.807, 2.05) is 13.8 Å². The van der Waals surface area contributed by atoms with Crippen molar-refractivity contribution in [3.63, 3.8) is 0 Å². The van der Waals surface area contributed by atoms with Crippen LogP contribution in [-0.4, -0.2) is 16.6 Å². The van der Waals surface area contributed by atoms with Gasteiger partial charge in [0.15, 0.2) is 5.82 Å². The molecule has 1 rings (SSSR count). The summed E-state index contributed by atoms with van der Waals surface area (Å²) in [6.07, 6.45) is 0.797. The first kappa shape index (κ1) is 16.4. The number of hydrogen-bond acceptors (Lipinski definition) is 4. The Balaban J connectivity index is 3.42. The van der Waals surface area contributed by atoms with E-state index in [0.29, 0.717) is 18.2 Å². The van der Waals surface area contributed by atoms with Gasteiger partial charge in [0.1, 0.15) is 11.4 Å². The van der Waals surface area contributed by atoms with Gasteiger partial charge in [0.05, 0.1) is 10.2 Å². The summed E-state index contributed by atoms with van der Waals surface area (Å²) in [5, 5.41) is 0. The van der Waals surface area contributed by atoms with Crippen molar-refractivity contribution in [3.05, 3.63) is 16.0 Å². The molecule has 1 unspecified atom stereocenters. The molecule has 1 aromatic heterocycles. The van der Waals surface area contributed by atoms with Gasteiger partial charge in [-0.1, -0.05) is 27.7 Å². The standard InChI is InChI=1S/C14H24BrN3O/c1-7-14(6,19-8-2)12-17-10(13(3,4)5)9(15)11(16)18-12/h7-8H2,1-6H3,(H2,16,17,18). The van der Waals surface area contributed by atoms with Gasteiger partial charge < -0.3 is 10.5 Å². The Morgan fingerprint density at radius 2 is 1.74 bits per heavy atom. The molecule has 0 fully saturated rings. The molecular formula is C14H24BrN3O. The highest BCUT2D eigenvalue weighted by atomic mass is 79.9. The molecule has 0 aliphatic rings. The zero-order chi connectivity index (χ0) is 14.8. The number of ether oxygens (including phenoxy) is 1. The number of nitrogens with two attached hydrogens (primary N) is 1. The highest BCUT2D eigenvalue weighted by molar-refractivity contribution is 9.10. The van der Waals surface area contributed by atoms with Crippen molar-refractivity contribution in [2.75, 3.05) is 12.3 Å². The highest BCUT2D eigenvalue weighted by Gasteiger charge is 2.32. The molecule has 108 valence electrons. The number of anilines is 1. The quantitative estimate of drug-likeness (QED) is 0.913. The molecule has 0 radical (unpaired) electrons. The SMILES string of the molecule is CCOC(C)(CC)c1nc(N)c(Br)c(C(C)(C)C)n1. The molecule has 0 bridgehead atoms. The van der Waals surface area contributed by atoms with E-state index in [-0.39, 0.29) is 5.41 Å². The molecule has 2 N–H and O–H groups in total. The molecule has 0 aliphatic heterocycles. The van der Waals surface area contributed by atoms with Crippen LogP contribution in [0.4, 0.5) is 5.82 Å². The largest absolute Gasteiger partial charge is 0.383 e. The van der Waals surface area contributed by atoms with Crippen LogP contribution < -0.4 is 5.73 Å². The van der Waals surface area contributed by atoms with Crippen molar-refractivity contribution in [2.45, 2.75) is 59.0 Å². The van der Waals surface area contributed by atoms with E-state index in [4.69, 9.17) is 15.5 Å². The summed E-state index contributed by atoms with van der Waals surface area (Å²) in [7, 11) is 0. The van der Waals surface area contributed by atoms with Crippen molar-refractivity contribution in [2.24, 2.45) is 0 Å². The second-order valence-electron chi connectivity index (χ2n) is 5.86. The van der Waals surface area contributed by atoms with Crippen LogP contribution >= 0.6 is 15.9 Å². The first-order valence-corrected chi connectivity index (χ1v) is 7.43. The molecule has 0 amide bonds. The van der Waals surface area contributed by atoms with Gasteiger partial charge in [-0.25, -0.2) is 9.97 Å². The maximum absolute atomic E-state index is 6.01. The molecule has 0 aliphatic carbocycles. The fourth-order valence-electron chi connectivity index (χ4n) is 1.84. The Bertz CT molecular complexity index is 457. The molecule has 5 heteroatoms. The lowest BCUT2D eigenvalue weighted by Crippen LogP contribution is -2.30. The second kappa shape index (κ2) is 5.75. The zero-order valence-corrected chi connectivity index (χ0v) is 14.3. The average Bonchev–Trinajstić information content (AvgIpc) is 2.31. The third-order valence-electron chi connectivity index (χ3n) is 3.20. The maximum Gasteiger partial charge on any atom is 0.162 e. The van der Waals surface area contributed by atoms with Gasteiger partial charge in [-0.2, -0.15) is 0 Å². The van der Waals surface area contributed by atoms with Crippen molar-refractivity contribution in [3.8, 4) is 0 Å². The first-order valence-electron chi connectivity index (χ1n) is 6.63. The second-order valence-corrected chi connectivity index (χ2v) is 6.66. The molecule has 0 saturated heterocycles. The molecule has 1 heterocycles. The van der Waals surface area contributed by atoms with Crippen LogP contribution in [-0.2, 0) is 15.8 Å². The normalized spacial score (nSPS) is 15.3. The molecule has 4 nitrogen and oxygen atoms in total. The zero-order valence-electron chi connectivity index (χ0n) is 12.7. The van der Waals surface area contributed by atoms with Gasteiger partial charge in [-0.3, -0.25) is 0 Å². The number of rotatable bonds is 4. The summed E-state index contributed by atoms with van der Waals surface area (Å²) in [6, 6.07) is 0.